The van der Waals surface area contributed by atoms with Crippen molar-refractivity contribution >= 4 is 15.7 Å². The van der Waals surface area contributed by atoms with Crippen LogP contribution in [0.5, 0.6) is 0 Å². The molecule has 110 valence electrons. The average molecular weight is 294 g/mol. The lowest BCUT2D eigenvalue weighted by Crippen LogP contribution is -2.31. The Hall–Kier alpha value is -1.07. The van der Waals surface area contributed by atoms with Crippen LogP contribution in [0.25, 0.3) is 0 Å². The zero-order chi connectivity index (χ0) is 14.3. The van der Waals surface area contributed by atoms with E-state index in [1.807, 2.05) is 6.92 Å². The molecule has 2 saturated carbocycles. The molecular weight excluding hydrogens is 272 g/mol. The van der Waals surface area contributed by atoms with Crippen LogP contribution >= 0.6 is 0 Å². The molecule has 1 aromatic carbocycles. The fourth-order valence-corrected chi connectivity index (χ4v) is 4.15. The van der Waals surface area contributed by atoms with E-state index in [1.54, 1.807) is 18.2 Å². The van der Waals surface area contributed by atoms with Gasteiger partial charge in [-0.2, -0.15) is 0 Å². The van der Waals surface area contributed by atoms with E-state index in [0.29, 0.717) is 18.2 Å². The van der Waals surface area contributed by atoms with E-state index in [1.165, 1.54) is 25.7 Å². The van der Waals surface area contributed by atoms with Crippen molar-refractivity contribution in [1.82, 2.24) is 4.72 Å². The summed E-state index contributed by atoms with van der Waals surface area (Å²) in [4.78, 5) is 0.202. The van der Waals surface area contributed by atoms with Gasteiger partial charge in [-0.3, -0.25) is 0 Å². The first-order chi connectivity index (χ1) is 9.47. The highest BCUT2D eigenvalue weighted by Gasteiger charge is 2.41. The fraction of sp³-hybridized carbons (Fsp3) is 0.600. The third kappa shape index (κ3) is 2.99. The van der Waals surface area contributed by atoms with Crippen molar-refractivity contribution in [3.05, 3.63) is 23.8 Å². The van der Waals surface area contributed by atoms with E-state index in [4.69, 9.17) is 5.73 Å². The lowest BCUT2D eigenvalue weighted by Gasteiger charge is -2.17. The van der Waals surface area contributed by atoms with E-state index in [-0.39, 0.29) is 4.90 Å². The summed E-state index contributed by atoms with van der Waals surface area (Å²) in [5.74, 6) is 2.00. The zero-order valence-electron chi connectivity index (χ0n) is 11.8. The predicted molar refractivity (Wildman–Crippen MR) is 79.7 cm³/mol. The number of hydrogen-bond acceptors (Lipinski definition) is 3. The summed E-state index contributed by atoms with van der Waals surface area (Å²) < 4.78 is 27.5. The number of rotatable bonds is 6. The Bertz CT molecular complexity index is 592. The van der Waals surface area contributed by atoms with Crippen molar-refractivity contribution in [2.24, 2.45) is 17.8 Å². The molecule has 2 fully saturated rings. The average Bonchev–Trinajstić information content (AvgIpc) is 3.23. The topological polar surface area (TPSA) is 72.2 Å². The normalized spacial score (nSPS) is 19.5. The Morgan fingerprint density at radius 3 is 2.35 bits per heavy atom. The van der Waals surface area contributed by atoms with Crippen LogP contribution in [-0.2, 0) is 10.0 Å². The van der Waals surface area contributed by atoms with Gasteiger partial charge in [0.25, 0.3) is 0 Å². The van der Waals surface area contributed by atoms with Gasteiger partial charge in [-0.05, 0) is 68.1 Å². The molecule has 5 heteroatoms. The summed E-state index contributed by atoms with van der Waals surface area (Å²) in [5, 5.41) is 0. The number of nitrogens with two attached hydrogens (primary N) is 1. The van der Waals surface area contributed by atoms with Crippen molar-refractivity contribution in [2.45, 2.75) is 37.5 Å². The molecule has 0 radical (unpaired) electrons. The molecule has 2 aliphatic carbocycles. The van der Waals surface area contributed by atoms with Crippen molar-refractivity contribution in [2.75, 3.05) is 12.3 Å². The summed E-state index contributed by atoms with van der Waals surface area (Å²) >= 11 is 0. The van der Waals surface area contributed by atoms with Crippen molar-refractivity contribution < 1.29 is 8.42 Å². The van der Waals surface area contributed by atoms with Gasteiger partial charge in [-0.25, -0.2) is 13.1 Å². The van der Waals surface area contributed by atoms with Crippen molar-refractivity contribution in [1.29, 1.82) is 0 Å². The Balaban J connectivity index is 1.71. The maximum absolute atomic E-state index is 12.4. The van der Waals surface area contributed by atoms with E-state index in [2.05, 4.69) is 4.72 Å². The molecule has 0 aromatic heterocycles. The predicted octanol–water partition coefficient (Wildman–Crippen LogP) is 2.29. The summed E-state index contributed by atoms with van der Waals surface area (Å²) in [5.41, 5.74) is 7.13. The Kier molecular flexibility index (Phi) is 3.50. The molecule has 0 aliphatic heterocycles. The first-order valence-electron chi connectivity index (χ1n) is 7.33. The van der Waals surface area contributed by atoms with E-state index in [0.717, 1.165) is 17.4 Å². The third-order valence-corrected chi connectivity index (χ3v) is 5.92. The van der Waals surface area contributed by atoms with Crippen LogP contribution in [0.2, 0.25) is 0 Å². The molecule has 4 nitrogen and oxygen atoms in total. The molecule has 0 spiro atoms. The van der Waals surface area contributed by atoms with Crippen LogP contribution in [0.4, 0.5) is 5.69 Å². The minimum atomic E-state index is -3.49. The van der Waals surface area contributed by atoms with Crippen LogP contribution in [0.3, 0.4) is 0 Å². The highest BCUT2D eigenvalue weighted by atomic mass is 32.2. The minimum Gasteiger partial charge on any atom is -0.398 e. The van der Waals surface area contributed by atoms with E-state index < -0.39 is 10.0 Å². The summed E-state index contributed by atoms with van der Waals surface area (Å²) in [7, 11) is -3.49. The molecule has 0 amide bonds. The Labute approximate surface area is 120 Å². The quantitative estimate of drug-likeness (QED) is 0.791. The smallest absolute Gasteiger partial charge is 0.242 e. The minimum absolute atomic E-state index is 0.202. The van der Waals surface area contributed by atoms with Gasteiger partial charge in [-0.15, -0.1) is 0 Å². The van der Waals surface area contributed by atoms with Gasteiger partial charge in [-0.1, -0.05) is 6.07 Å². The molecule has 3 rings (SSSR count). The fourth-order valence-electron chi connectivity index (χ4n) is 2.96. The van der Waals surface area contributed by atoms with Crippen LogP contribution in [-0.4, -0.2) is 15.0 Å². The second-order valence-electron chi connectivity index (χ2n) is 6.23. The first-order valence-corrected chi connectivity index (χ1v) is 8.81. The number of hydrogen-bond donors (Lipinski definition) is 2. The highest BCUT2D eigenvalue weighted by Crippen LogP contribution is 2.48. The number of nitrogen functional groups attached to an aromatic ring is 1. The molecule has 2 aliphatic rings. The molecule has 0 heterocycles. The monoisotopic (exact) mass is 294 g/mol. The maximum Gasteiger partial charge on any atom is 0.242 e. The lowest BCUT2D eigenvalue weighted by atomic mass is 9.99. The molecule has 0 saturated heterocycles. The molecule has 0 atom stereocenters. The van der Waals surface area contributed by atoms with Gasteiger partial charge in [0.2, 0.25) is 10.0 Å². The molecule has 3 N–H and O–H groups in total. The van der Waals surface area contributed by atoms with Gasteiger partial charge in [0.15, 0.2) is 0 Å². The summed E-state index contributed by atoms with van der Waals surface area (Å²) in [6, 6.07) is 5.08. The van der Waals surface area contributed by atoms with Crippen molar-refractivity contribution in [3.8, 4) is 0 Å². The van der Waals surface area contributed by atoms with Crippen LogP contribution < -0.4 is 10.5 Å². The number of sulfonamides is 1. The maximum atomic E-state index is 12.4. The first kappa shape index (κ1) is 13.9. The van der Waals surface area contributed by atoms with Gasteiger partial charge in [0.05, 0.1) is 5.69 Å². The van der Waals surface area contributed by atoms with E-state index in [9.17, 15) is 8.42 Å². The standard InChI is InChI=1S/C15H22N2O2S/c1-10-2-7-15(14(16)8-10)20(18,19)17-9-13(11-3-4-11)12-5-6-12/h2,7-8,11-13,17H,3-6,9,16H2,1H3. The SMILES string of the molecule is Cc1ccc(S(=O)(=O)NCC(C2CC2)C2CC2)c(N)c1. The second kappa shape index (κ2) is 5.04. The number of aryl methyl sites for hydroxylation is 1. The molecule has 0 unspecified atom stereocenters. The Morgan fingerprint density at radius 1 is 1.25 bits per heavy atom. The number of anilines is 1. The summed E-state index contributed by atoms with van der Waals surface area (Å²) in [6.45, 7) is 2.46. The highest BCUT2D eigenvalue weighted by molar-refractivity contribution is 7.89. The van der Waals surface area contributed by atoms with Gasteiger partial charge < -0.3 is 5.73 Å². The van der Waals surface area contributed by atoms with E-state index >= 15 is 0 Å². The largest absolute Gasteiger partial charge is 0.398 e. The molecule has 1 aromatic rings. The van der Waals surface area contributed by atoms with Gasteiger partial charge in [0, 0.05) is 6.54 Å². The molecular formula is C15H22N2O2S. The molecule has 0 bridgehead atoms. The van der Waals surface area contributed by atoms with Crippen LogP contribution in [0, 0.1) is 24.7 Å². The zero-order valence-corrected chi connectivity index (χ0v) is 12.6. The van der Waals surface area contributed by atoms with Gasteiger partial charge in [0.1, 0.15) is 4.90 Å². The lowest BCUT2D eigenvalue weighted by molar-refractivity contribution is 0.401. The van der Waals surface area contributed by atoms with Gasteiger partial charge >= 0.3 is 0 Å². The van der Waals surface area contributed by atoms with Crippen molar-refractivity contribution in [3.63, 3.8) is 0 Å². The number of nitrogens with one attached hydrogen (secondary N) is 1. The van der Waals surface area contributed by atoms with Crippen LogP contribution in [0.1, 0.15) is 31.2 Å². The summed E-state index contributed by atoms with van der Waals surface area (Å²) in [6.07, 6.45) is 5.04. The number of benzene rings is 1. The Morgan fingerprint density at radius 2 is 1.85 bits per heavy atom. The van der Waals surface area contributed by atoms with Crippen LogP contribution in [0.15, 0.2) is 23.1 Å². The second-order valence-corrected chi connectivity index (χ2v) is 7.97. The third-order valence-electron chi connectivity index (χ3n) is 4.42. The molecule has 20 heavy (non-hydrogen) atoms.